The quantitative estimate of drug-likeness (QED) is 0.702. The predicted molar refractivity (Wildman–Crippen MR) is 52.7 cm³/mol. The van der Waals surface area contributed by atoms with Crippen LogP contribution in [-0.2, 0) is 0 Å². The Balaban J connectivity index is 2.66. The van der Waals surface area contributed by atoms with E-state index in [1.54, 1.807) is 19.0 Å². The van der Waals surface area contributed by atoms with Crippen molar-refractivity contribution in [2.75, 3.05) is 24.7 Å². The normalized spacial score (nSPS) is 10.8. The van der Waals surface area contributed by atoms with E-state index in [-0.39, 0.29) is 5.69 Å². The predicted octanol–water partition coefficient (Wildman–Crippen LogP) is 1.62. The number of aromatic nitrogens is 1. The molecule has 0 spiro atoms. The van der Waals surface area contributed by atoms with Gasteiger partial charge in [-0.25, -0.2) is 4.39 Å². The zero-order valence-corrected chi connectivity index (χ0v) is 7.91. The number of nitrogens with zero attached hydrogens (tertiary/aromatic N) is 2. The standard InChI is InChI=1S/C9H10FN3O/c1-13(2)9-12-7-3-5(10)6(11)4-8(7)14-9/h3-4H,11H2,1-2H3. The SMILES string of the molecule is CN(C)c1nc2cc(F)c(N)cc2o1. The molecule has 74 valence electrons. The molecule has 1 aromatic carbocycles. The first-order valence-corrected chi connectivity index (χ1v) is 4.11. The molecule has 0 aliphatic heterocycles. The summed E-state index contributed by atoms with van der Waals surface area (Å²) in [5, 5.41) is 0. The van der Waals surface area contributed by atoms with Crippen LogP contribution < -0.4 is 10.6 Å². The van der Waals surface area contributed by atoms with Gasteiger partial charge in [-0.1, -0.05) is 0 Å². The maximum Gasteiger partial charge on any atom is 0.297 e. The van der Waals surface area contributed by atoms with E-state index in [1.807, 2.05) is 0 Å². The molecule has 0 fully saturated rings. The second-order valence-electron chi connectivity index (χ2n) is 3.23. The molecule has 0 saturated carbocycles. The van der Waals surface area contributed by atoms with Crippen LogP contribution >= 0.6 is 0 Å². The molecule has 5 heteroatoms. The third-order valence-corrected chi connectivity index (χ3v) is 1.88. The zero-order chi connectivity index (χ0) is 10.3. The molecule has 1 heterocycles. The second kappa shape index (κ2) is 2.87. The number of benzene rings is 1. The number of halogens is 1. The topological polar surface area (TPSA) is 55.3 Å². The Morgan fingerprint density at radius 2 is 2.14 bits per heavy atom. The van der Waals surface area contributed by atoms with E-state index < -0.39 is 5.82 Å². The molecule has 0 aliphatic rings. The Labute approximate surface area is 80.1 Å². The van der Waals surface area contributed by atoms with Crippen LogP contribution in [0.4, 0.5) is 16.1 Å². The summed E-state index contributed by atoms with van der Waals surface area (Å²) in [5.74, 6) is -0.476. The Morgan fingerprint density at radius 1 is 1.43 bits per heavy atom. The maximum atomic E-state index is 13.0. The zero-order valence-electron chi connectivity index (χ0n) is 7.91. The van der Waals surface area contributed by atoms with Crippen LogP contribution in [0.25, 0.3) is 11.1 Å². The molecular weight excluding hydrogens is 185 g/mol. The van der Waals surface area contributed by atoms with Crippen molar-refractivity contribution in [3.8, 4) is 0 Å². The van der Waals surface area contributed by atoms with Crippen molar-refractivity contribution in [1.29, 1.82) is 0 Å². The van der Waals surface area contributed by atoms with Crippen LogP contribution in [0, 0.1) is 5.82 Å². The average Bonchev–Trinajstić information content (AvgIpc) is 2.48. The van der Waals surface area contributed by atoms with Crippen molar-refractivity contribution in [1.82, 2.24) is 4.98 Å². The third-order valence-electron chi connectivity index (χ3n) is 1.88. The first-order chi connectivity index (χ1) is 6.58. The van der Waals surface area contributed by atoms with Crippen molar-refractivity contribution in [3.63, 3.8) is 0 Å². The van der Waals surface area contributed by atoms with Crippen molar-refractivity contribution in [2.45, 2.75) is 0 Å². The van der Waals surface area contributed by atoms with Crippen molar-refractivity contribution in [3.05, 3.63) is 17.9 Å². The molecule has 1 aromatic heterocycles. The van der Waals surface area contributed by atoms with Gasteiger partial charge in [0.15, 0.2) is 5.58 Å². The van der Waals surface area contributed by atoms with E-state index in [0.717, 1.165) is 0 Å². The number of hydrogen-bond acceptors (Lipinski definition) is 4. The minimum Gasteiger partial charge on any atom is -0.423 e. The van der Waals surface area contributed by atoms with Crippen LogP contribution in [0.2, 0.25) is 0 Å². The van der Waals surface area contributed by atoms with Crippen LogP contribution in [0.5, 0.6) is 0 Å². The Kier molecular flexibility index (Phi) is 1.80. The number of rotatable bonds is 1. The summed E-state index contributed by atoms with van der Waals surface area (Å²) in [5.41, 5.74) is 6.43. The Hall–Kier alpha value is -1.78. The number of oxazole rings is 1. The molecular formula is C9H10FN3O. The van der Waals surface area contributed by atoms with Gasteiger partial charge in [0.05, 0.1) is 5.69 Å². The minimum atomic E-state index is -0.476. The van der Waals surface area contributed by atoms with Gasteiger partial charge in [-0.05, 0) is 0 Å². The monoisotopic (exact) mass is 195 g/mol. The molecule has 0 unspecified atom stereocenters. The van der Waals surface area contributed by atoms with E-state index in [0.29, 0.717) is 17.1 Å². The molecule has 0 atom stereocenters. The molecule has 0 amide bonds. The second-order valence-corrected chi connectivity index (χ2v) is 3.23. The molecule has 14 heavy (non-hydrogen) atoms. The van der Waals surface area contributed by atoms with Crippen molar-refractivity contribution in [2.24, 2.45) is 0 Å². The van der Waals surface area contributed by atoms with Gasteiger partial charge in [0, 0.05) is 26.2 Å². The molecule has 0 bridgehead atoms. The Bertz CT molecular complexity index is 439. The van der Waals surface area contributed by atoms with E-state index in [1.165, 1.54) is 12.1 Å². The summed E-state index contributed by atoms with van der Waals surface area (Å²) in [6.07, 6.45) is 0. The Morgan fingerprint density at radius 3 is 2.79 bits per heavy atom. The molecule has 0 aliphatic carbocycles. The van der Waals surface area contributed by atoms with Gasteiger partial charge in [0.2, 0.25) is 0 Å². The van der Waals surface area contributed by atoms with Crippen LogP contribution in [0.3, 0.4) is 0 Å². The summed E-state index contributed by atoms with van der Waals surface area (Å²) in [4.78, 5) is 5.78. The van der Waals surface area contributed by atoms with Gasteiger partial charge >= 0.3 is 0 Å². The summed E-state index contributed by atoms with van der Waals surface area (Å²) in [7, 11) is 3.59. The number of nitrogen functional groups attached to an aromatic ring is 1. The fraction of sp³-hybridized carbons (Fsp3) is 0.222. The van der Waals surface area contributed by atoms with Gasteiger partial charge in [0.1, 0.15) is 11.3 Å². The lowest BCUT2D eigenvalue weighted by atomic mass is 10.3. The maximum absolute atomic E-state index is 13.0. The number of hydrogen-bond donors (Lipinski definition) is 1. The highest BCUT2D eigenvalue weighted by molar-refractivity contribution is 5.78. The summed E-state index contributed by atoms with van der Waals surface area (Å²) in [6, 6.07) is 3.14. The highest BCUT2D eigenvalue weighted by atomic mass is 19.1. The summed E-state index contributed by atoms with van der Waals surface area (Å²) >= 11 is 0. The van der Waals surface area contributed by atoms with Crippen molar-refractivity contribution >= 4 is 22.8 Å². The van der Waals surface area contributed by atoms with Crippen LogP contribution in [0.15, 0.2) is 16.5 Å². The van der Waals surface area contributed by atoms with Crippen LogP contribution in [-0.4, -0.2) is 19.1 Å². The number of anilines is 2. The highest BCUT2D eigenvalue weighted by Gasteiger charge is 2.09. The summed E-state index contributed by atoms with van der Waals surface area (Å²) < 4.78 is 18.4. The highest BCUT2D eigenvalue weighted by Crippen LogP contribution is 2.24. The molecule has 4 nitrogen and oxygen atoms in total. The number of nitrogens with two attached hydrogens (primary N) is 1. The van der Waals surface area contributed by atoms with Gasteiger partial charge < -0.3 is 15.1 Å². The average molecular weight is 195 g/mol. The lowest BCUT2D eigenvalue weighted by Gasteiger charge is -2.03. The van der Waals surface area contributed by atoms with Gasteiger partial charge in [-0.15, -0.1) is 0 Å². The lowest BCUT2D eigenvalue weighted by Crippen LogP contribution is -2.08. The summed E-state index contributed by atoms with van der Waals surface area (Å²) in [6.45, 7) is 0. The fourth-order valence-electron chi connectivity index (χ4n) is 1.14. The van der Waals surface area contributed by atoms with Gasteiger partial charge in [-0.2, -0.15) is 4.98 Å². The first kappa shape index (κ1) is 8.80. The molecule has 0 saturated heterocycles. The molecule has 2 rings (SSSR count). The van der Waals surface area contributed by atoms with E-state index in [9.17, 15) is 4.39 Å². The largest absolute Gasteiger partial charge is 0.423 e. The number of fused-ring (bicyclic) bond motifs is 1. The lowest BCUT2D eigenvalue weighted by molar-refractivity contribution is 0.595. The molecule has 0 radical (unpaired) electrons. The van der Waals surface area contributed by atoms with E-state index in [2.05, 4.69) is 4.98 Å². The van der Waals surface area contributed by atoms with Crippen molar-refractivity contribution < 1.29 is 8.81 Å². The third kappa shape index (κ3) is 1.26. The molecule has 2 N–H and O–H groups in total. The smallest absolute Gasteiger partial charge is 0.297 e. The first-order valence-electron chi connectivity index (χ1n) is 4.11. The van der Waals surface area contributed by atoms with Gasteiger partial charge in [-0.3, -0.25) is 0 Å². The van der Waals surface area contributed by atoms with Crippen LogP contribution in [0.1, 0.15) is 0 Å². The minimum absolute atomic E-state index is 0.0685. The van der Waals surface area contributed by atoms with E-state index >= 15 is 0 Å². The fourth-order valence-corrected chi connectivity index (χ4v) is 1.14. The van der Waals surface area contributed by atoms with Gasteiger partial charge in [0.25, 0.3) is 6.01 Å². The van der Waals surface area contributed by atoms with E-state index in [4.69, 9.17) is 10.2 Å². The molecule has 2 aromatic rings.